The molecule has 2 aromatic carbocycles. The molecule has 0 N–H and O–H groups in total. The SMILES string of the molecule is O=C1[C@@H]2[C@H](C(=O)N1/N=C\c1cc(I)c(OCc3ccccc3Cl)c(I)c1)[C@H]1C=C[C@H]2CC1. The van der Waals surface area contributed by atoms with Crippen molar-refractivity contribution in [1.29, 1.82) is 0 Å². The third kappa shape index (κ3) is 4.00. The Morgan fingerprint density at radius 1 is 1.03 bits per heavy atom. The number of imide groups is 1. The summed E-state index contributed by atoms with van der Waals surface area (Å²) in [4.78, 5) is 25.8. The van der Waals surface area contributed by atoms with Gasteiger partial charge in [-0.25, -0.2) is 0 Å². The molecule has 4 atom stereocenters. The molecule has 8 heteroatoms. The monoisotopic (exact) mass is 672 g/mol. The van der Waals surface area contributed by atoms with Gasteiger partial charge in [0, 0.05) is 10.6 Å². The van der Waals surface area contributed by atoms with Crippen LogP contribution in [0.25, 0.3) is 0 Å². The molecule has 32 heavy (non-hydrogen) atoms. The van der Waals surface area contributed by atoms with Gasteiger partial charge in [0.15, 0.2) is 0 Å². The number of nitrogens with zero attached hydrogens (tertiary/aromatic N) is 2. The summed E-state index contributed by atoms with van der Waals surface area (Å²) in [5, 5.41) is 6.07. The second-order valence-corrected chi connectivity index (χ2v) is 11.0. The summed E-state index contributed by atoms with van der Waals surface area (Å²) in [6.45, 7) is 0.370. The highest BCUT2D eigenvalue weighted by Gasteiger charge is 2.56. The molecule has 2 amide bonds. The molecule has 5 nitrogen and oxygen atoms in total. The summed E-state index contributed by atoms with van der Waals surface area (Å²) < 4.78 is 7.86. The minimum absolute atomic E-state index is 0.165. The van der Waals surface area contributed by atoms with Crippen LogP contribution < -0.4 is 4.74 Å². The first kappa shape index (κ1) is 22.3. The number of halogens is 3. The van der Waals surface area contributed by atoms with Gasteiger partial charge in [-0.1, -0.05) is 42.0 Å². The van der Waals surface area contributed by atoms with E-state index in [0.717, 1.165) is 41.9 Å². The fraction of sp³-hybridized carbons (Fsp3) is 0.292. The lowest BCUT2D eigenvalue weighted by molar-refractivity contribution is -0.140. The number of benzene rings is 2. The number of ether oxygens (including phenoxy) is 1. The van der Waals surface area contributed by atoms with Gasteiger partial charge in [0.2, 0.25) is 0 Å². The minimum Gasteiger partial charge on any atom is -0.487 e. The highest BCUT2D eigenvalue weighted by atomic mass is 127. The number of hydrazone groups is 1. The van der Waals surface area contributed by atoms with E-state index in [9.17, 15) is 9.59 Å². The van der Waals surface area contributed by atoms with Crippen molar-refractivity contribution in [3.63, 3.8) is 0 Å². The third-order valence-corrected chi connectivity index (χ3v) is 8.38. The Balaban J connectivity index is 1.32. The van der Waals surface area contributed by atoms with Gasteiger partial charge < -0.3 is 4.74 Å². The first-order valence-electron chi connectivity index (χ1n) is 10.4. The molecule has 0 radical (unpaired) electrons. The number of hydrogen-bond acceptors (Lipinski definition) is 4. The molecule has 0 aromatic heterocycles. The van der Waals surface area contributed by atoms with E-state index in [4.69, 9.17) is 16.3 Å². The van der Waals surface area contributed by atoms with Crippen molar-refractivity contribution in [2.45, 2.75) is 19.4 Å². The van der Waals surface area contributed by atoms with Crippen LogP contribution in [0.15, 0.2) is 53.7 Å². The van der Waals surface area contributed by atoms with E-state index in [0.29, 0.717) is 11.6 Å². The molecular formula is C24H19ClI2N2O3. The van der Waals surface area contributed by atoms with Crippen LogP contribution in [0.5, 0.6) is 5.75 Å². The maximum absolute atomic E-state index is 12.9. The Bertz CT molecular complexity index is 1110. The fourth-order valence-electron chi connectivity index (χ4n) is 4.85. The van der Waals surface area contributed by atoms with Crippen LogP contribution in [0.1, 0.15) is 24.0 Å². The number of amides is 2. The van der Waals surface area contributed by atoms with Crippen molar-refractivity contribution >= 4 is 74.8 Å². The molecule has 2 aromatic rings. The van der Waals surface area contributed by atoms with Crippen molar-refractivity contribution in [3.05, 3.63) is 71.8 Å². The van der Waals surface area contributed by atoms with E-state index < -0.39 is 0 Å². The lowest BCUT2D eigenvalue weighted by atomic mass is 9.63. The Labute approximate surface area is 218 Å². The van der Waals surface area contributed by atoms with E-state index in [1.807, 2.05) is 36.4 Å². The summed E-state index contributed by atoms with van der Waals surface area (Å²) in [5.74, 6) is 0.272. The molecule has 2 bridgehead atoms. The first-order chi connectivity index (χ1) is 15.4. The van der Waals surface area contributed by atoms with Crippen LogP contribution in [0.3, 0.4) is 0 Å². The van der Waals surface area contributed by atoms with Crippen LogP contribution in [-0.4, -0.2) is 23.0 Å². The van der Waals surface area contributed by atoms with Crippen molar-refractivity contribution in [1.82, 2.24) is 5.01 Å². The molecule has 2 fully saturated rings. The molecule has 0 unspecified atom stereocenters. The number of rotatable bonds is 5. The Morgan fingerprint density at radius 2 is 1.62 bits per heavy atom. The zero-order valence-electron chi connectivity index (χ0n) is 16.9. The quantitative estimate of drug-likeness (QED) is 0.179. The van der Waals surface area contributed by atoms with Gasteiger partial charge in [0.05, 0.1) is 25.2 Å². The molecule has 1 saturated carbocycles. The van der Waals surface area contributed by atoms with Crippen molar-refractivity contribution in [2.75, 3.05) is 0 Å². The van der Waals surface area contributed by atoms with Crippen molar-refractivity contribution in [3.8, 4) is 5.75 Å². The Kier molecular flexibility index (Phi) is 6.32. The van der Waals surface area contributed by atoms with Crippen LogP contribution in [0.4, 0.5) is 0 Å². The molecule has 0 spiro atoms. The Hall–Kier alpha value is -1.46. The lowest BCUT2D eigenvalue weighted by Gasteiger charge is -2.37. The maximum Gasteiger partial charge on any atom is 0.254 e. The van der Waals surface area contributed by atoms with Gasteiger partial charge in [-0.15, -0.1) is 0 Å². The normalized spacial score (nSPS) is 26.3. The molecule has 3 aliphatic carbocycles. The first-order valence-corrected chi connectivity index (χ1v) is 12.9. The van der Waals surface area contributed by atoms with Gasteiger partial charge in [-0.3, -0.25) is 9.59 Å². The van der Waals surface area contributed by atoms with Crippen LogP contribution >= 0.6 is 56.8 Å². The predicted octanol–water partition coefficient (Wildman–Crippen LogP) is 5.66. The second kappa shape index (κ2) is 9.06. The minimum atomic E-state index is -0.246. The van der Waals surface area contributed by atoms with Gasteiger partial charge in [0.25, 0.3) is 11.8 Å². The van der Waals surface area contributed by atoms with E-state index in [1.165, 1.54) is 0 Å². The van der Waals surface area contributed by atoms with E-state index in [2.05, 4.69) is 62.4 Å². The molecule has 1 aliphatic heterocycles. The fourth-order valence-corrected chi connectivity index (χ4v) is 7.17. The van der Waals surface area contributed by atoms with E-state index in [1.54, 1.807) is 6.21 Å². The van der Waals surface area contributed by atoms with Gasteiger partial charge in [-0.05, 0) is 93.6 Å². The molecule has 1 saturated heterocycles. The largest absolute Gasteiger partial charge is 0.487 e. The van der Waals surface area contributed by atoms with Crippen LogP contribution in [0.2, 0.25) is 5.02 Å². The average molecular weight is 673 g/mol. The predicted molar refractivity (Wildman–Crippen MR) is 139 cm³/mol. The summed E-state index contributed by atoms with van der Waals surface area (Å²) in [7, 11) is 0. The standard InChI is InChI=1S/C24H19ClI2N2O3/c25-17-4-2-1-3-16(17)12-32-22-18(26)9-13(10-19(22)27)11-28-29-23(30)20-14-5-6-15(8-7-14)21(20)24(29)31/h1-6,9-11,14-15,20-21H,7-8,12H2/b28-11-/t14-,15-,20-,21+/m0/s1. The molecule has 1 heterocycles. The zero-order chi connectivity index (χ0) is 22.4. The summed E-state index contributed by atoms with van der Waals surface area (Å²) in [6, 6.07) is 11.5. The molecule has 164 valence electrons. The number of carbonyl (C=O) groups is 2. The number of carbonyl (C=O) groups excluding carboxylic acids is 2. The zero-order valence-corrected chi connectivity index (χ0v) is 22.0. The van der Waals surface area contributed by atoms with Crippen molar-refractivity contribution < 1.29 is 14.3 Å². The summed E-state index contributed by atoms with van der Waals surface area (Å²) in [6.07, 6.45) is 7.76. The lowest BCUT2D eigenvalue weighted by Crippen LogP contribution is -2.38. The molecule has 6 rings (SSSR count). The summed E-state index contributed by atoms with van der Waals surface area (Å²) >= 11 is 10.7. The number of allylic oxidation sites excluding steroid dienone is 2. The number of hydrogen-bond donors (Lipinski definition) is 0. The summed E-state index contributed by atoms with van der Waals surface area (Å²) in [5.41, 5.74) is 1.72. The number of fused-ring (bicyclic) bond motifs is 1. The highest BCUT2D eigenvalue weighted by Crippen LogP contribution is 2.49. The van der Waals surface area contributed by atoms with E-state index in [-0.39, 0.29) is 35.5 Å². The third-order valence-electron chi connectivity index (χ3n) is 6.41. The highest BCUT2D eigenvalue weighted by molar-refractivity contribution is 14.1. The van der Waals surface area contributed by atoms with Gasteiger partial charge >= 0.3 is 0 Å². The molecular weight excluding hydrogens is 654 g/mol. The molecule has 4 aliphatic rings. The second-order valence-electron chi connectivity index (χ2n) is 8.27. The Morgan fingerprint density at radius 3 is 2.19 bits per heavy atom. The maximum atomic E-state index is 12.9. The van der Waals surface area contributed by atoms with E-state index >= 15 is 0 Å². The van der Waals surface area contributed by atoms with Crippen LogP contribution in [-0.2, 0) is 16.2 Å². The topological polar surface area (TPSA) is 59.0 Å². The van der Waals surface area contributed by atoms with Crippen LogP contribution in [0, 0.1) is 30.8 Å². The smallest absolute Gasteiger partial charge is 0.254 e. The van der Waals surface area contributed by atoms with Gasteiger partial charge in [-0.2, -0.15) is 10.1 Å². The average Bonchev–Trinajstić information content (AvgIpc) is 3.05. The van der Waals surface area contributed by atoms with Crippen molar-refractivity contribution in [2.24, 2.45) is 28.8 Å². The van der Waals surface area contributed by atoms with Gasteiger partial charge in [0.1, 0.15) is 12.4 Å².